The second-order valence-electron chi connectivity index (χ2n) is 1.57. The van der Waals surface area contributed by atoms with Gasteiger partial charge in [-0.05, 0) is 6.92 Å². The summed E-state index contributed by atoms with van der Waals surface area (Å²) in [4.78, 5) is 7.71. The van der Waals surface area contributed by atoms with Gasteiger partial charge >= 0.3 is 0 Å². The molecule has 1 aromatic rings. The van der Waals surface area contributed by atoms with Crippen molar-refractivity contribution < 1.29 is 3.07 Å². The van der Waals surface area contributed by atoms with Gasteiger partial charge in [0.15, 0.2) is 23.0 Å². The van der Waals surface area contributed by atoms with Crippen LogP contribution in [0.5, 0.6) is 5.88 Å². The monoisotopic (exact) mass is 236 g/mol. The van der Waals surface area contributed by atoms with E-state index in [9.17, 15) is 0 Å². The van der Waals surface area contributed by atoms with E-state index < -0.39 is 0 Å². The molecule has 0 aliphatic rings. The minimum Gasteiger partial charge on any atom is -0.408 e. The van der Waals surface area contributed by atoms with Crippen LogP contribution < -0.4 is 3.07 Å². The lowest BCUT2D eigenvalue weighted by atomic mass is 10.4. The zero-order valence-corrected chi connectivity index (χ0v) is 6.99. The summed E-state index contributed by atoms with van der Waals surface area (Å²) in [6.07, 6.45) is 1.48. The zero-order chi connectivity index (χ0) is 6.69. The number of aryl methyl sites for hydroxylation is 1. The van der Waals surface area contributed by atoms with E-state index in [1.807, 2.05) is 6.92 Å². The molecule has 0 atom stereocenters. The molecule has 0 saturated heterocycles. The van der Waals surface area contributed by atoms with Crippen LogP contribution >= 0.6 is 23.0 Å². The average molecular weight is 236 g/mol. The quantitative estimate of drug-likeness (QED) is 0.693. The van der Waals surface area contributed by atoms with Gasteiger partial charge in [-0.3, -0.25) is 0 Å². The van der Waals surface area contributed by atoms with Crippen molar-refractivity contribution in [3.8, 4) is 5.88 Å². The molecule has 0 N–H and O–H groups in total. The Balaban J connectivity index is 2.94. The largest absolute Gasteiger partial charge is 0.408 e. The van der Waals surface area contributed by atoms with Crippen LogP contribution in [0.15, 0.2) is 12.4 Å². The van der Waals surface area contributed by atoms with Crippen molar-refractivity contribution in [2.75, 3.05) is 0 Å². The number of rotatable bonds is 1. The van der Waals surface area contributed by atoms with Gasteiger partial charge in [-0.15, -0.1) is 0 Å². The van der Waals surface area contributed by atoms with E-state index in [0.29, 0.717) is 5.88 Å². The minimum absolute atomic E-state index is 0.600. The molecule has 1 aromatic heterocycles. The Hall–Kier alpha value is -0.390. The maximum absolute atomic E-state index is 4.81. The summed E-state index contributed by atoms with van der Waals surface area (Å²) < 4.78 is 4.81. The van der Waals surface area contributed by atoms with Gasteiger partial charge in [0.25, 0.3) is 0 Å². The summed E-state index contributed by atoms with van der Waals surface area (Å²) in [6, 6.07) is 1.77. The molecule has 4 heteroatoms. The second kappa shape index (κ2) is 2.95. The summed E-state index contributed by atoms with van der Waals surface area (Å²) in [5.41, 5.74) is 0.914. The number of hydrogen-bond donors (Lipinski definition) is 0. The average Bonchev–Trinajstić information content (AvgIpc) is 1.88. The van der Waals surface area contributed by atoms with Gasteiger partial charge in [-0.25, -0.2) is 9.97 Å². The van der Waals surface area contributed by atoms with Crippen LogP contribution in [-0.4, -0.2) is 9.97 Å². The predicted molar refractivity (Wildman–Crippen MR) is 41.4 cm³/mol. The Morgan fingerprint density at radius 2 is 2.33 bits per heavy atom. The fourth-order valence-electron chi connectivity index (χ4n) is 0.472. The van der Waals surface area contributed by atoms with Crippen molar-refractivity contribution in [1.29, 1.82) is 0 Å². The first kappa shape index (κ1) is 6.73. The van der Waals surface area contributed by atoms with Crippen LogP contribution in [0, 0.1) is 6.92 Å². The maximum Gasteiger partial charge on any atom is 0.227 e. The van der Waals surface area contributed by atoms with Crippen LogP contribution in [0.4, 0.5) is 0 Å². The molecule has 0 amide bonds. The second-order valence-corrected chi connectivity index (χ2v) is 2.02. The SMILES string of the molecule is Cc1cc(OI)ncn1. The number of halogens is 1. The molecule has 1 rings (SSSR count). The smallest absolute Gasteiger partial charge is 0.227 e. The summed E-state index contributed by atoms with van der Waals surface area (Å²) in [7, 11) is 0. The lowest BCUT2D eigenvalue weighted by molar-refractivity contribution is 0.674. The lowest BCUT2D eigenvalue weighted by Gasteiger charge is -1.93. The van der Waals surface area contributed by atoms with Gasteiger partial charge in [0.05, 0.1) is 0 Å². The van der Waals surface area contributed by atoms with Gasteiger partial charge in [-0.1, -0.05) is 0 Å². The van der Waals surface area contributed by atoms with E-state index in [-0.39, 0.29) is 0 Å². The highest BCUT2D eigenvalue weighted by atomic mass is 127. The standard InChI is InChI=1S/C5H5IN2O/c1-4-2-5(9-6)8-3-7-4/h2-3H,1H3. The highest BCUT2D eigenvalue weighted by Gasteiger charge is 1.90. The number of hydrogen-bond acceptors (Lipinski definition) is 3. The molecule has 48 valence electrons. The Kier molecular flexibility index (Phi) is 2.21. The molecule has 3 nitrogen and oxygen atoms in total. The first-order valence-corrected chi connectivity index (χ1v) is 3.28. The highest BCUT2D eigenvalue weighted by molar-refractivity contribution is 14.1. The third-order valence-corrected chi connectivity index (χ3v) is 1.31. The van der Waals surface area contributed by atoms with E-state index >= 15 is 0 Å². The van der Waals surface area contributed by atoms with Crippen molar-refractivity contribution in [2.45, 2.75) is 6.92 Å². The van der Waals surface area contributed by atoms with Crippen LogP contribution in [0.3, 0.4) is 0 Å². The third-order valence-electron chi connectivity index (χ3n) is 0.858. The van der Waals surface area contributed by atoms with Gasteiger partial charge in [0, 0.05) is 11.8 Å². The summed E-state index contributed by atoms with van der Waals surface area (Å²) >= 11 is 1.78. The van der Waals surface area contributed by atoms with E-state index in [1.54, 1.807) is 29.1 Å². The maximum atomic E-state index is 4.81. The molecule has 0 aliphatic heterocycles. The van der Waals surface area contributed by atoms with E-state index in [0.717, 1.165) is 5.69 Å². The van der Waals surface area contributed by atoms with Gasteiger partial charge < -0.3 is 3.07 Å². The van der Waals surface area contributed by atoms with Crippen LogP contribution in [0.2, 0.25) is 0 Å². The molecule has 0 saturated carbocycles. The van der Waals surface area contributed by atoms with Crippen molar-refractivity contribution in [2.24, 2.45) is 0 Å². The molecular weight excluding hydrogens is 231 g/mol. The van der Waals surface area contributed by atoms with Crippen LogP contribution in [0.25, 0.3) is 0 Å². The van der Waals surface area contributed by atoms with Crippen molar-refractivity contribution >= 4 is 23.0 Å². The Bertz CT molecular complexity index is 204. The molecule has 0 spiro atoms. The topological polar surface area (TPSA) is 35.0 Å². The first-order chi connectivity index (χ1) is 4.33. The van der Waals surface area contributed by atoms with Gasteiger partial charge in [-0.2, -0.15) is 0 Å². The first-order valence-electron chi connectivity index (χ1n) is 2.40. The van der Waals surface area contributed by atoms with Crippen molar-refractivity contribution in [1.82, 2.24) is 9.97 Å². The molecule has 0 bridgehead atoms. The van der Waals surface area contributed by atoms with E-state index in [2.05, 4.69) is 9.97 Å². The van der Waals surface area contributed by atoms with Crippen LogP contribution in [-0.2, 0) is 0 Å². The Morgan fingerprint density at radius 3 is 2.78 bits per heavy atom. The Morgan fingerprint density at radius 1 is 1.56 bits per heavy atom. The van der Waals surface area contributed by atoms with Gasteiger partial charge in [0.1, 0.15) is 6.33 Å². The normalized spacial score (nSPS) is 9.11. The van der Waals surface area contributed by atoms with Crippen LogP contribution in [0.1, 0.15) is 5.69 Å². The molecule has 0 unspecified atom stereocenters. The molecule has 0 fully saturated rings. The summed E-state index contributed by atoms with van der Waals surface area (Å²) in [5, 5.41) is 0. The highest BCUT2D eigenvalue weighted by Crippen LogP contribution is 2.07. The van der Waals surface area contributed by atoms with E-state index in [1.165, 1.54) is 6.33 Å². The van der Waals surface area contributed by atoms with Gasteiger partial charge in [0.2, 0.25) is 5.88 Å². The fraction of sp³-hybridized carbons (Fsp3) is 0.200. The number of aromatic nitrogens is 2. The van der Waals surface area contributed by atoms with Crippen molar-refractivity contribution in [3.05, 3.63) is 18.1 Å². The molecule has 9 heavy (non-hydrogen) atoms. The zero-order valence-electron chi connectivity index (χ0n) is 4.84. The number of nitrogens with zero attached hydrogens (tertiary/aromatic N) is 2. The molecule has 0 radical (unpaired) electrons. The summed E-state index contributed by atoms with van der Waals surface area (Å²) in [5.74, 6) is 0.600. The predicted octanol–water partition coefficient (Wildman–Crippen LogP) is 1.51. The Labute approximate surface area is 67.2 Å². The summed E-state index contributed by atoms with van der Waals surface area (Å²) in [6.45, 7) is 1.89. The van der Waals surface area contributed by atoms with E-state index in [4.69, 9.17) is 3.07 Å². The molecular formula is C5H5IN2O. The minimum atomic E-state index is 0.600. The lowest BCUT2D eigenvalue weighted by Crippen LogP contribution is -1.84. The van der Waals surface area contributed by atoms with Crippen molar-refractivity contribution in [3.63, 3.8) is 0 Å². The molecule has 0 aliphatic carbocycles. The molecule has 0 aromatic carbocycles. The molecule has 1 heterocycles. The third kappa shape index (κ3) is 1.78. The fourth-order valence-corrected chi connectivity index (χ4v) is 0.713.